The first-order valence-corrected chi connectivity index (χ1v) is 7.98. The van der Waals surface area contributed by atoms with Crippen LogP contribution in [0, 0.1) is 11.8 Å². The van der Waals surface area contributed by atoms with Crippen molar-refractivity contribution in [2.75, 3.05) is 6.54 Å². The molecule has 1 N–H and O–H groups in total. The van der Waals surface area contributed by atoms with Gasteiger partial charge in [-0.1, -0.05) is 33.3 Å². The van der Waals surface area contributed by atoms with Crippen molar-refractivity contribution in [1.29, 1.82) is 0 Å². The molecule has 1 fully saturated rings. The summed E-state index contributed by atoms with van der Waals surface area (Å²) in [6.45, 7) is 8.55. The zero-order chi connectivity index (χ0) is 14.4. The van der Waals surface area contributed by atoms with Gasteiger partial charge in [0.15, 0.2) is 0 Å². The zero-order valence-electron chi connectivity index (χ0n) is 13.1. The Morgan fingerprint density at radius 2 is 2.10 bits per heavy atom. The maximum absolute atomic E-state index is 6.10. The lowest BCUT2D eigenvalue weighted by Gasteiger charge is -2.28. The van der Waals surface area contributed by atoms with Crippen molar-refractivity contribution in [2.24, 2.45) is 11.8 Å². The third-order valence-electron chi connectivity index (χ3n) is 3.94. The molecule has 1 heterocycles. The van der Waals surface area contributed by atoms with Crippen molar-refractivity contribution in [2.45, 2.75) is 59.1 Å². The van der Waals surface area contributed by atoms with Gasteiger partial charge in [-0.3, -0.25) is 0 Å². The summed E-state index contributed by atoms with van der Waals surface area (Å²) in [5, 5.41) is 3.42. The summed E-state index contributed by atoms with van der Waals surface area (Å²) in [4.78, 5) is 4.61. The van der Waals surface area contributed by atoms with Gasteiger partial charge in [0.2, 0.25) is 5.88 Å². The molecular formula is C17H28N2O. The molecule has 3 heteroatoms. The molecule has 1 saturated carbocycles. The summed E-state index contributed by atoms with van der Waals surface area (Å²) >= 11 is 0. The van der Waals surface area contributed by atoms with Crippen molar-refractivity contribution in [1.82, 2.24) is 10.3 Å². The average molecular weight is 276 g/mol. The van der Waals surface area contributed by atoms with Gasteiger partial charge in [-0.2, -0.15) is 0 Å². The largest absolute Gasteiger partial charge is 0.474 e. The van der Waals surface area contributed by atoms with Gasteiger partial charge in [-0.25, -0.2) is 4.98 Å². The topological polar surface area (TPSA) is 34.1 Å². The Morgan fingerprint density at radius 3 is 2.85 bits per heavy atom. The molecule has 0 spiro atoms. The molecule has 2 atom stereocenters. The van der Waals surface area contributed by atoms with Gasteiger partial charge in [0, 0.05) is 12.6 Å². The minimum absolute atomic E-state index is 0.343. The lowest BCUT2D eigenvalue weighted by Crippen LogP contribution is -2.28. The molecule has 1 aliphatic rings. The number of rotatable bonds is 6. The van der Waals surface area contributed by atoms with Crippen LogP contribution in [0.4, 0.5) is 0 Å². The Bertz CT molecular complexity index is 406. The maximum Gasteiger partial charge on any atom is 0.213 e. The highest BCUT2D eigenvalue weighted by molar-refractivity contribution is 5.16. The number of aromatic nitrogens is 1. The van der Waals surface area contributed by atoms with Crippen LogP contribution in [-0.4, -0.2) is 17.6 Å². The van der Waals surface area contributed by atoms with Crippen molar-refractivity contribution in [3.05, 3.63) is 23.9 Å². The Balaban J connectivity index is 1.88. The molecule has 0 aromatic carbocycles. The average Bonchev–Trinajstić information content (AvgIpc) is 2.41. The second kappa shape index (κ2) is 7.63. The van der Waals surface area contributed by atoms with Gasteiger partial charge in [0.25, 0.3) is 0 Å². The molecule has 0 radical (unpaired) electrons. The molecule has 0 bridgehead atoms. The smallest absolute Gasteiger partial charge is 0.213 e. The summed E-state index contributed by atoms with van der Waals surface area (Å²) < 4.78 is 6.10. The van der Waals surface area contributed by atoms with Crippen molar-refractivity contribution in [3.63, 3.8) is 0 Å². The van der Waals surface area contributed by atoms with Crippen LogP contribution in [-0.2, 0) is 6.54 Å². The first-order chi connectivity index (χ1) is 9.65. The van der Waals surface area contributed by atoms with Crippen LogP contribution in [0.15, 0.2) is 18.2 Å². The van der Waals surface area contributed by atoms with Gasteiger partial charge < -0.3 is 10.1 Å². The van der Waals surface area contributed by atoms with E-state index in [2.05, 4.69) is 37.1 Å². The van der Waals surface area contributed by atoms with E-state index in [1.165, 1.54) is 25.7 Å². The molecule has 1 aromatic rings. The van der Waals surface area contributed by atoms with E-state index in [1.807, 2.05) is 12.1 Å². The quantitative estimate of drug-likeness (QED) is 0.858. The van der Waals surface area contributed by atoms with Crippen molar-refractivity contribution >= 4 is 0 Å². The van der Waals surface area contributed by atoms with Gasteiger partial charge in [0.1, 0.15) is 6.10 Å². The maximum atomic E-state index is 6.10. The fourth-order valence-electron chi connectivity index (χ4n) is 2.72. The second-order valence-corrected chi connectivity index (χ2v) is 6.41. The highest BCUT2D eigenvalue weighted by Gasteiger charge is 2.23. The molecule has 0 amide bonds. The predicted octanol–water partition coefficient (Wildman–Crippen LogP) is 3.78. The highest BCUT2D eigenvalue weighted by Crippen LogP contribution is 2.27. The monoisotopic (exact) mass is 276 g/mol. The highest BCUT2D eigenvalue weighted by atomic mass is 16.5. The van der Waals surface area contributed by atoms with E-state index in [0.717, 1.165) is 24.7 Å². The number of pyridine rings is 1. The normalized spacial score (nSPS) is 23.0. The van der Waals surface area contributed by atoms with E-state index in [9.17, 15) is 0 Å². The number of nitrogens with one attached hydrogen (secondary N) is 1. The third kappa shape index (κ3) is 4.78. The van der Waals surface area contributed by atoms with Crippen LogP contribution in [0.2, 0.25) is 0 Å². The van der Waals surface area contributed by atoms with E-state index in [0.29, 0.717) is 17.9 Å². The van der Waals surface area contributed by atoms with Gasteiger partial charge in [0.05, 0.1) is 5.69 Å². The third-order valence-corrected chi connectivity index (χ3v) is 3.94. The van der Waals surface area contributed by atoms with Crippen LogP contribution in [0.1, 0.15) is 52.1 Å². The minimum Gasteiger partial charge on any atom is -0.474 e. The molecule has 3 nitrogen and oxygen atoms in total. The summed E-state index contributed by atoms with van der Waals surface area (Å²) in [6, 6.07) is 6.08. The van der Waals surface area contributed by atoms with E-state index in [-0.39, 0.29) is 0 Å². The summed E-state index contributed by atoms with van der Waals surface area (Å²) in [5.41, 5.74) is 1.06. The lowest BCUT2D eigenvalue weighted by atomic mass is 9.88. The summed E-state index contributed by atoms with van der Waals surface area (Å²) in [6.07, 6.45) is 5.41. The standard InChI is InChI=1S/C17H28N2O/c1-13(2)11-18-12-15-8-6-10-17(19-15)20-16-9-5-4-7-14(16)3/h6,8,10,13-14,16,18H,4-5,7,9,11-12H2,1-3H3. The first-order valence-electron chi connectivity index (χ1n) is 7.98. The minimum atomic E-state index is 0.343. The van der Waals surface area contributed by atoms with Crippen molar-refractivity contribution < 1.29 is 4.74 Å². The van der Waals surface area contributed by atoms with Crippen LogP contribution < -0.4 is 10.1 Å². The zero-order valence-corrected chi connectivity index (χ0v) is 13.1. The molecule has 0 saturated heterocycles. The van der Waals surface area contributed by atoms with Crippen LogP contribution in [0.3, 0.4) is 0 Å². The molecule has 20 heavy (non-hydrogen) atoms. The first kappa shape index (κ1) is 15.3. The number of hydrogen-bond donors (Lipinski definition) is 1. The van der Waals surface area contributed by atoms with Gasteiger partial charge >= 0.3 is 0 Å². The van der Waals surface area contributed by atoms with Crippen LogP contribution >= 0.6 is 0 Å². The fourth-order valence-corrected chi connectivity index (χ4v) is 2.72. The van der Waals surface area contributed by atoms with Gasteiger partial charge in [-0.05, 0) is 43.7 Å². The predicted molar refractivity (Wildman–Crippen MR) is 82.8 cm³/mol. The molecule has 1 aromatic heterocycles. The fraction of sp³-hybridized carbons (Fsp3) is 0.706. The molecular weight excluding hydrogens is 248 g/mol. The Hall–Kier alpha value is -1.09. The molecule has 2 unspecified atom stereocenters. The van der Waals surface area contributed by atoms with E-state index < -0.39 is 0 Å². The van der Waals surface area contributed by atoms with E-state index in [1.54, 1.807) is 0 Å². The van der Waals surface area contributed by atoms with Crippen molar-refractivity contribution in [3.8, 4) is 5.88 Å². The van der Waals surface area contributed by atoms with Crippen LogP contribution in [0.5, 0.6) is 5.88 Å². The Labute approximate surface area is 123 Å². The number of nitrogens with zero attached hydrogens (tertiary/aromatic N) is 1. The molecule has 112 valence electrons. The van der Waals surface area contributed by atoms with E-state index >= 15 is 0 Å². The SMILES string of the molecule is CC(C)CNCc1cccc(OC2CCCCC2C)n1. The lowest BCUT2D eigenvalue weighted by molar-refractivity contribution is 0.0973. The van der Waals surface area contributed by atoms with Crippen LogP contribution in [0.25, 0.3) is 0 Å². The number of ether oxygens (including phenoxy) is 1. The Morgan fingerprint density at radius 1 is 1.30 bits per heavy atom. The summed E-state index contributed by atoms with van der Waals surface area (Å²) in [7, 11) is 0. The number of hydrogen-bond acceptors (Lipinski definition) is 3. The Kier molecular flexibility index (Phi) is 5.84. The van der Waals surface area contributed by atoms with Gasteiger partial charge in [-0.15, -0.1) is 0 Å². The molecule has 0 aliphatic heterocycles. The second-order valence-electron chi connectivity index (χ2n) is 6.41. The molecule has 2 rings (SSSR count). The molecule has 1 aliphatic carbocycles. The summed E-state index contributed by atoms with van der Waals surface area (Å²) in [5.74, 6) is 2.10. The van der Waals surface area contributed by atoms with E-state index in [4.69, 9.17) is 4.74 Å².